The lowest BCUT2D eigenvalue weighted by molar-refractivity contribution is -0.155. The minimum Gasteiger partial charge on any atom is -0.460 e. The average Bonchev–Trinajstić information content (AvgIpc) is 3.28. The Morgan fingerprint density at radius 2 is 1.82 bits per heavy atom. The molecule has 33 heavy (non-hydrogen) atoms. The normalized spacial score (nSPS) is 18.9. The van der Waals surface area contributed by atoms with Crippen molar-refractivity contribution in [2.75, 3.05) is 13.2 Å². The van der Waals surface area contributed by atoms with Crippen molar-refractivity contribution < 1.29 is 18.8 Å². The largest absolute Gasteiger partial charge is 0.460 e. The highest BCUT2D eigenvalue weighted by Crippen LogP contribution is 2.31. The first-order valence-corrected chi connectivity index (χ1v) is 13.2. The highest BCUT2D eigenvalue weighted by atomic mass is 16.6. The maximum atomic E-state index is 12.5. The van der Waals surface area contributed by atoms with Gasteiger partial charge in [-0.3, -0.25) is 4.79 Å². The first-order chi connectivity index (χ1) is 15.9. The molecule has 2 heterocycles. The van der Waals surface area contributed by atoms with Gasteiger partial charge in [-0.25, -0.2) is 0 Å². The maximum absolute atomic E-state index is 12.5. The maximum Gasteiger partial charge on any atom is 0.307 e. The molecule has 3 rings (SSSR count). The fourth-order valence-corrected chi connectivity index (χ4v) is 4.67. The molecular weight excluding hydrogens is 418 g/mol. The van der Waals surface area contributed by atoms with Gasteiger partial charge in [0.2, 0.25) is 5.89 Å². The summed E-state index contributed by atoms with van der Waals surface area (Å²) in [7, 11) is 0. The molecule has 0 spiro atoms. The van der Waals surface area contributed by atoms with Crippen molar-refractivity contribution in [2.24, 2.45) is 5.92 Å². The van der Waals surface area contributed by atoms with E-state index >= 15 is 0 Å². The second-order valence-electron chi connectivity index (χ2n) is 10.2. The van der Waals surface area contributed by atoms with Crippen LogP contribution in [-0.4, -0.2) is 41.0 Å². The number of nitrogens with zero attached hydrogens (tertiary/aromatic N) is 2. The van der Waals surface area contributed by atoms with Gasteiger partial charge >= 0.3 is 5.97 Å². The van der Waals surface area contributed by atoms with Crippen LogP contribution in [0, 0.1) is 5.92 Å². The van der Waals surface area contributed by atoms with Gasteiger partial charge in [0.25, 0.3) is 0 Å². The van der Waals surface area contributed by atoms with E-state index in [-0.39, 0.29) is 18.3 Å². The van der Waals surface area contributed by atoms with Crippen molar-refractivity contribution in [3.8, 4) is 0 Å². The summed E-state index contributed by atoms with van der Waals surface area (Å²) in [6.45, 7) is 11.9. The van der Waals surface area contributed by atoms with Gasteiger partial charge in [0.1, 0.15) is 5.60 Å². The van der Waals surface area contributed by atoms with E-state index in [2.05, 4.69) is 15.5 Å². The molecule has 1 aliphatic carbocycles. The molecule has 1 aromatic rings. The molecule has 1 aliphatic heterocycles. The van der Waals surface area contributed by atoms with E-state index in [0.717, 1.165) is 44.8 Å². The Kier molecular flexibility index (Phi) is 12.4. The molecule has 1 atom stereocenters. The van der Waals surface area contributed by atoms with Crippen molar-refractivity contribution in [1.29, 1.82) is 0 Å². The van der Waals surface area contributed by atoms with Crippen LogP contribution in [0.3, 0.4) is 0 Å². The Morgan fingerprint density at radius 1 is 1.12 bits per heavy atom. The van der Waals surface area contributed by atoms with Crippen LogP contribution in [0.25, 0.3) is 0 Å². The van der Waals surface area contributed by atoms with Crippen LogP contribution >= 0.6 is 0 Å². The highest BCUT2D eigenvalue weighted by molar-refractivity contribution is 5.70. The smallest absolute Gasteiger partial charge is 0.307 e. The summed E-state index contributed by atoms with van der Waals surface area (Å²) in [4.78, 5) is 17.1. The first-order valence-electron chi connectivity index (χ1n) is 13.2. The topological polar surface area (TPSA) is 86.5 Å². The molecule has 1 saturated carbocycles. The molecule has 190 valence electrons. The molecule has 0 radical (unpaired) electrons. The number of ether oxygens (including phenoxy) is 2. The fourth-order valence-electron chi connectivity index (χ4n) is 4.67. The van der Waals surface area contributed by atoms with Gasteiger partial charge in [0.15, 0.2) is 5.82 Å². The zero-order chi connectivity index (χ0) is 24.1. The van der Waals surface area contributed by atoms with Gasteiger partial charge < -0.3 is 19.3 Å². The molecule has 7 heteroatoms. The summed E-state index contributed by atoms with van der Waals surface area (Å²) in [6.07, 6.45) is 12.3. The molecular formula is C26H47N3O4. The van der Waals surface area contributed by atoms with Crippen LogP contribution < -0.4 is 5.32 Å². The lowest BCUT2D eigenvalue weighted by Gasteiger charge is -2.23. The number of aromatic nitrogens is 2. The SMILES string of the molecule is CC.CC(C)(C)OC(=O)CC(CCCC1CCCCC1)c1nc(CNC2CCOCC2)no1. The van der Waals surface area contributed by atoms with E-state index in [1.54, 1.807) is 0 Å². The van der Waals surface area contributed by atoms with Gasteiger partial charge in [-0.2, -0.15) is 4.98 Å². The molecule has 7 nitrogen and oxygen atoms in total. The molecule has 0 bridgehead atoms. The summed E-state index contributed by atoms with van der Waals surface area (Å²) in [6, 6.07) is 0.434. The predicted octanol–water partition coefficient (Wildman–Crippen LogP) is 5.93. The second kappa shape index (κ2) is 14.7. The third-order valence-corrected chi connectivity index (χ3v) is 6.33. The predicted molar refractivity (Wildman–Crippen MR) is 130 cm³/mol. The third-order valence-electron chi connectivity index (χ3n) is 6.33. The van der Waals surface area contributed by atoms with Gasteiger partial charge in [-0.1, -0.05) is 63.9 Å². The number of carbonyl (C=O) groups excluding carboxylic acids is 1. The van der Waals surface area contributed by atoms with E-state index in [1.165, 1.54) is 38.5 Å². The summed E-state index contributed by atoms with van der Waals surface area (Å²) < 4.78 is 16.6. The number of esters is 1. The first kappa shape index (κ1) is 27.8. The summed E-state index contributed by atoms with van der Waals surface area (Å²) in [5.74, 6) is 1.78. The van der Waals surface area contributed by atoms with E-state index < -0.39 is 5.60 Å². The molecule has 2 fully saturated rings. The van der Waals surface area contributed by atoms with Gasteiger partial charge in [0.05, 0.1) is 13.0 Å². The van der Waals surface area contributed by atoms with Gasteiger partial charge in [0, 0.05) is 25.2 Å². The standard InChI is InChI=1S/C24H41N3O4.C2H6/c1-24(2,3)30-22(28)16-19(11-7-10-18-8-5-4-6-9-18)23-26-21(27-31-23)17-25-20-12-14-29-15-13-20;1-2/h18-20,25H,4-17H2,1-3H3;1-2H3. The van der Waals surface area contributed by atoms with Crippen molar-refractivity contribution in [3.05, 3.63) is 11.7 Å². The van der Waals surface area contributed by atoms with Gasteiger partial charge in [-0.15, -0.1) is 0 Å². The Morgan fingerprint density at radius 3 is 2.48 bits per heavy atom. The number of hydrogen-bond donors (Lipinski definition) is 1. The molecule has 2 aliphatic rings. The van der Waals surface area contributed by atoms with Gasteiger partial charge in [-0.05, 0) is 46.0 Å². The average molecular weight is 466 g/mol. The van der Waals surface area contributed by atoms with E-state index in [1.807, 2.05) is 34.6 Å². The van der Waals surface area contributed by atoms with E-state index in [9.17, 15) is 4.79 Å². The zero-order valence-electron chi connectivity index (χ0n) is 21.7. The minimum absolute atomic E-state index is 0.0808. The van der Waals surface area contributed by atoms with E-state index in [4.69, 9.17) is 14.0 Å². The van der Waals surface area contributed by atoms with Crippen LogP contribution in [0.1, 0.15) is 123 Å². The Bertz CT molecular complexity index is 659. The molecule has 1 unspecified atom stereocenters. The van der Waals surface area contributed by atoms with Crippen molar-refractivity contribution in [1.82, 2.24) is 15.5 Å². The monoisotopic (exact) mass is 465 g/mol. The molecule has 0 amide bonds. The van der Waals surface area contributed by atoms with Crippen LogP contribution in [0.2, 0.25) is 0 Å². The third kappa shape index (κ3) is 11.0. The minimum atomic E-state index is -0.489. The van der Waals surface area contributed by atoms with Crippen LogP contribution in [0.15, 0.2) is 4.52 Å². The number of carbonyl (C=O) groups is 1. The quantitative estimate of drug-likeness (QED) is 0.428. The number of rotatable bonds is 10. The second-order valence-corrected chi connectivity index (χ2v) is 10.2. The molecule has 1 saturated heterocycles. The van der Waals surface area contributed by atoms with E-state index in [0.29, 0.717) is 24.3 Å². The van der Waals surface area contributed by atoms with Crippen LogP contribution in [0.5, 0.6) is 0 Å². The zero-order valence-corrected chi connectivity index (χ0v) is 21.7. The summed E-state index contributed by atoms with van der Waals surface area (Å²) in [5.41, 5.74) is -0.489. The summed E-state index contributed by atoms with van der Waals surface area (Å²) in [5, 5.41) is 7.66. The molecule has 1 aromatic heterocycles. The number of hydrogen-bond acceptors (Lipinski definition) is 7. The number of nitrogens with one attached hydrogen (secondary N) is 1. The Balaban J connectivity index is 0.00000187. The van der Waals surface area contributed by atoms with Crippen molar-refractivity contribution >= 4 is 5.97 Å². The molecule has 0 aromatic carbocycles. The highest BCUT2D eigenvalue weighted by Gasteiger charge is 2.26. The Labute approximate surface area is 200 Å². The Hall–Kier alpha value is -1.47. The molecule has 1 N–H and O–H groups in total. The van der Waals surface area contributed by atoms with Crippen LogP contribution in [-0.2, 0) is 20.8 Å². The summed E-state index contributed by atoms with van der Waals surface area (Å²) >= 11 is 0. The van der Waals surface area contributed by atoms with Crippen LogP contribution in [0.4, 0.5) is 0 Å². The van der Waals surface area contributed by atoms with Crippen molar-refractivity contribution in [2.45, 2.75) is 129 Å². The lowest BCUT2D eigenvalue weighted by atomic mass is 9.84. The fraction of sp³-hybridized carbons (Fsp3) is 0.885. The lowest BCUT2D eigenvalue weighted by Crippen LogP contribution is -2.34. The van der Waals surface area contributed by atoms with Crippen molar-refractivity contribution in [3.63, 3.8) is 0 Å².